The van der Waals surface area contributed by atoms with Gasteiger partial charge in [0.2, 0.25) is 0 Å². The highest BCUT2D eigenvalue weighted by Gasteiger charge is 2.46. The lowest BCUT2D eigenvalue weighted by atomic mass is 9.92. The van der Waals surface area contributed by atoms with E-state index in [0.717, 1.165) is 36.4 Å². The van der Waals surface area contributed by atoms with Crippen molar-refractivity contribution in [2.75, 3.05) is 39.4 Å². The van der Waals surface area contributed by atoms with Gasteiger partial charge in [-0.05, 0) is 47.7 Å². The molecule has 5 rings (SSSR count). The molecular formula is C29H34N2O5. The number of carbonyl (C=O) groups is 2. The van der Waals surface area contributed by atoms with Gasteiger partial charge in [0.1, 0.15) is 17.6 Å². The molecular weight excluding hydrogens is 456 g/mol. The number of ketones is 1. The number of hydrogen-bond donors (Lipinski definition) is 1. The van der Waals surface area contributed by atoms with Crippen molar-refractivity contribution >= 4 is 17.4 Å². The highest BCUT2D eigenvalue weighted by molar-refractivity contribution is 6.46. The van der Waals surface area contributed by atoms with Crippen molar-refractivity contribution < 1.29 is 24.2 Å². The number of hydrogen-bond acceptors (Lipinski definition) is 6. The minimum atomic E-state index is -0.643. The number of aliphatic hydroxyl groups excluding tert-OH is 1. The number of likely N-dealkylation sites (tertiary alicyclic amines) is 1. The number of rotatable bonds is 6. The van der Waals surface area contributed by atoms with Gasteiger partial charge in [0, 0.05) is 38.2 Å². The summed E-state index contributed by atoms with van der Waals surface area (Å²) in [5, 5.41) is 11.4. The molecule has 1 amide bonds. The molecule has 0 aromatic heterocycles. The molecule has 3 heterocycles. The number of aliphatic hydroxyl groups is 1. The number of amides is 1. The fraction of sp³-hybridized carbons (Fsp3) is 0.448. The quantitative estimate of drug-likeness (QED) is 0.376. The van der Waals surface area contributed by atoms with E-state index in [1.165, 1.54) is 5.56 Å². The first-order valence-electron chi connectivity index (χ1n) is 12.8. The molecule has 3 aliphatic heterocycles. The Bertz CT molecular complexity index is 1180. The fourth-order valence-corrected chi connectivity index (χ4v) is 5.32. The SMILES string of the molecule is CC(C)c1ccc([C@@H]2/C(=C(\O)c3ccc4c(c3)C[C@H](C)O4)C(=O)C(=O)N2CCN2CCOCC2)cc1. The van der Waals surface area contributed by atoms with Gasteiger partial charge < -0.3 is 19.5 Å². The van der Waals surface area contributed by atoms with E-state index in [4.69, 9.17) is 9.47 Å². The van der Waals surface area contributed by atoms with Gasteiger partial charge >= 0.3 is 0 Å². The van der Waals surface area contributed by atoms with Crippen LogP contribution in [0.4, 0.5) is 0 Å². The van der Waals surface area contributed by atoms with Crippen molar-refractivity contribution in [3.63, 3.8) is 0 Å². The van der Waals surface area contributed by atoms with E-state index in [-0.39, 0.29) is 17.4 Å². The molecule has 0 spiro atoms. The monoisotopic (exact) mass is 490 g/mol. The van der Waals surface area contributed by atoms with Crippen LogP contribution in [0.1, 0.15) is 55.0 Å². The Balaban J connectivity index is 1.53. The summed E-state index contributed by atoms with van der Waals surface area (Å²) < 4.78 is 11.2. The summed E-state index contributed by atoms with van der Waals surface area (Å²) in [4.78, 5) is 30.5. The maximum Gasteiger partial charge on any atom is 0.295 e. The summed E-state index contributed by atoms with van der Waals surface area (Å²) >= 11 is 0. The molecule has 190 valence electrons. The lowest BCUT2D eigenvalue weighted by Gasteiger charge is -2.31. The van der Waals surface area contributed by atoms with Crippen LogP contribution in [-0.4, -0.2) is 72.1 Å². The molecule has 2 aromatic rings. The Hall–Kier alpha value is -3.16. The molecule has 2 atom stereocenters. The smallest absolute Gasteiger partial charge is 0.295 e. The molecule has 1 N–H and O–H groups in total. The van der Waals surface area contributed by atoms with E-state index < -0.39 is 17.7 Å². The van der Waals surface area contributed by atoms with Crippen LogP contribution < -0.4 is 4.74 Å². The van der Waals surface area contributed by atoms with Gasteiger partial charge in [0.25, 0.3) is 11.7 Å². The van der Waals surface area contributed by atoms with E-state index in [0.29, 0.717) is 37.8 Å². The molecule has 0 aliphatic carbocycles. The van der Waals surface area contributed by atoms with Crippen LogP contribution in [-0.2, 0) is 20.7 Å². The molecule has 0 bridgehead atoms. The maximum atomic E-state index is 13.4. The Morgan fingerprint density at radius 1 is 1.06 bits per heavy atom. The Kier molecular flexibility index (Phi) is 6.86. The summed E-state index contributed by atoms with van der Waals surface area (Å²) in [6, 6.07) is 12.8. The number of Topliss-reactive ketones (excluding diaryl/α,β-unsaturated/α-hetero) is 1. The van der Waals surface area contributed by atoms with Crippen LogP contribution in [0.25, 0.3) is 5.76 Å². The average molecular weight is 491 g/mol. The summed E-state index contributed by atoms with van der Waals surface area (Å²) in [7, 11) is 0. The standard InChI is InChI=1S/C29H34N2O5/c1-18(2)20-4-6-21(7-5-20)26-25(27(32)22-8-9-24-23(17-22)16-19(3)36-24)28(33)29(34)31(26)11-10-30-12-14-35-15-13-30/h4-9,17-19,26,32H,10-16H2,1-3H3/b27-25+/t19-,26+/m0/s1. The van der Waals surface area contributed by atoms with Gasteiger partial charge in [0.05, 0.1) is 24.8 Å². The first-order chi connectivity index (χ1) is 17.3. The van der Waals surface area contributed by atoms with Crippen molar-refractivity contribution in [2.45, 2.75) is 45.3 Å². The molecule has 2 saturated heterocycles. The van der Waals surface area contributed by atoms with Crippen molar-refractivity contribution in [2.24, 2.45) is 0 Å². The minimum Gasteiger partial charge on any atom is -0.507 e. The normalized spacial score (nSPS) is 23.8. The van der Waals surface area contributed by atoms with Crippen LogP contribution in [0, 0.1) is 0 Å². The highest BCUT2D eigenvalue weighted by atomic mass is 16.5. The number of benzene rings is 2. The lowest BCUT2D eigenvalue weighted by Crippen LogP contribution is -2.42. The number of morpholine rings is 1. The molecule has 7 nitrogen and oxygen atoms in total. The predicted octanol–water partition coefficient (Wildman–Crippen LogP) is 3.89. The van der Waals surface area contributed by atoms with Crippen LogP contribution in [0.15, 0.2) is 48.0 Å². The van der Waals surface area contributed by atoms with Crippen molar-refractivity contribution in [3.05, 3.63) is 70.3 Å². The lowest BCUT2D eigenvalue weighted by molar-refractivity contribution is -0.140. The second-order valence-electron chi connectivity index (χ2n) is 10.2. The second-order valence-corrected chi connectivity index (χ2v) is 10.2. The van der Waals surface area contributed by atoms with Crippen molar-refractivity contribution in [3.8, 4) is 5.75 Å². The molecule has 36 heavy (non-hydrogen) atoms. The molecule has 3 aliphatic rings. The number of carbonyl (C=O) groups excluding carboxylic acids is 2. The minimum absolute atomic E-state index is 0.0719. The number of ether oxygens (including phenoxy) is 2. The van der Waals surface area contributed by atoms with Gasteiger partial charge in [-0.25, -0.2) is 0 Å². The topological polar surface area (TPSA) is 79.3 Å². The van der Waals surface area contributed by atoms with Crippen LogP contribution in [0.5, 0.6) is 5.75 Å². The van der Waals surface area contributed by atoms with Gasteiger partial charge in [-0.1, -0.05) is 38.1 Å². The van der Waals surface area contributed by atoms with Gasteiger partial charge in [-0.15, -0.1) is 0 Å². The number of nitrogens with zero attached hydrogens (tertiary/aromatic N) is 2. The first-order valence-corrected chi connectivity index (χ1v) is 12.8. The largest absolute Gasteiger partial charge is 0.507 e. The van der Waals surface area contributed by atoms with Gasteiger partial charge in [-0.2, -0.15) is 0 Å². The van der Waals surface area contributed by atoms with E-state index in [1.807, 2.05) is 43.3 Å². The maximum absolute atomic E-state index is 13.4. The van der Waals surface area contributed by atoms with Gasteiger partial charge in [-0.3, -0.25) is 14.5 Å². The molecule has 2 aromatic carbocycles. The summed E-state index contributed by atoms with van der Waals surface area (Å²) in [5.41, 5.74) is 3.66. The van der Waals surface area contributed by atoms with E-state index >= 15 is 0 Å². The zero-order valence-corrected chi connectivity index (χ0v) is 21.2. The van der Waals surface area contributed by atoms with Crippen molar-refractivity contribution in [1.82, 2.24) is 9.80 Å². The fourth-order valence-electron chi connectivity index (χ4n) is 5.32. The molecule has 0 saturated carbocycles. The van der Waals surface area contributed by atoms with E-state index in [9.17, 15) is 14.7 Å². The third kappa shape index (κ3) is 4.65. The molecule has 2 fully saturated rings. The summed E-state index contributed by atoms with van der Waals surface area (Å²) in [5.74, 6) is -0.186. The Morgan fingerprint density at radius 3 is 2.47 bits per heavy atom. The summed E-state index contributed by atoms with van der Waals surface area (Å²) in [6.45, 7) is 10.2. The van der Waals surface area contributed by atoms with E-state index in [2.05, 4.69) is 18.7 Å². The summed E-state index contributed by atoms with van der Waals surface area (Å²) in [6.07, 6.45) is 0.812. The Labute approximate surface area is 212 Å². The first kappa shape index (κ1) is 24.5. The third-order valence-corrected chi connectivity index (χ3v) is 7.39. The zero-order chi connectivity index (χ0) is 25.4. The molecule has 7 heteroatoms. The molecule has 0 radical (unpaired) electrons. The van der Waals surface area contributed by atoms with Crippen LogP contribution in [0.3, 0.4) is 0 Å². The van der Waals surface area contributed by atoms with Crippen molar-refractivity contribution in [1.29, 1.82) is 0 Å². The molecule has 0 unspecified atom stereocenters. The predicted molar refractivity (Wildman–Crippen MR) is 137 cm³/mol. The van der Waals surface area contributed by atoms with Crippen LogP contribution >= 0.6 is 0 Å². The average Bonchev–Trinajstić information content (AvgIpc) is 3.38. The highest BCUT2D eigenvalue weighted by Crippen LogP contribution is 2.40. The second kappa shape index (κ2) is 10.1. The van der Waals surface area contributed by atoms with Crippen LogP contribution in [0.2, 0.25) is 0 Å². The zero-order valence-electron chi connectivity index (χ0n) is 21.2. The number of fused-ring (bicyclic) bond motifs is 1. The Morgan fingerprint density at radius 2 is 1.78 bits per heavy atom. The van der Waals surface area contributed by atoms with Gasteiger partial charge in [0.15, 0.2) is 0 Å². The third-order valence-electron chi connectivity index (χ3n) is 7.39. The van der Waals surface area contributed by atoms with E-state index in [1.54, 1.807) is 11.0 Å².